The SMILES string of the molecule is O=S(=O)(NC1CCCCC1CCl)c1ccc(Br)cc1Cl. The summed E-state index contributed by atoms with van der Waals surface area (Å²) in [4.78, 5) is 0.112. The Morgan fingerprint density at radius 3 is 2.65 bits per heavy atom. The highest BCUT2D eigenvalue weighted by atomic mass is 79.9. The van der Waals surface area contributed by atoms with E-state index in [0.717, 1.165) is 30.2 Å². The van der Waals surface area contributed by atoms with Gasteiger partial charge in [-0.3, -0.25) is 0 Å². The molecule has 0 bridgehead atoms. The molecule has 3 nitrogen and oxygen atoms in total. The Hall–Kier alpha value is 0.190. The zero-order valence-electron chi connectivity index (χ0n) is 10.8. The molecule has 0 saturated heterocycles. The van der Waals surface area contributed by atoms with Gasteiger partial charge in [0.15, 0.2) is 0 Å². The lowest BCUT2D eigenvalue weighted by Gasteiger charge is -2.30. The number of hydrogen-bond acceptors (Lipinski definition) is 2. The summed E-state index contributed by atoms with van der Waals surface area (Å²) in [6.07, 6.45) is 3.92. The molecule has 0 radical (unpaired) electrons. The minimum Gasteiger partial charge on any atom is -0.208 e. The van der Waals surface area contributed by atoms with Gasteiger partial charge in [-0.2, -0.15) is 0 Å². The van der Waals surface area contributed by atoms with Crippen LogP contribution in [0.3, 0.4) is 0 Å². The van der Waals surface area contributed by atoms with Crippen LogP contribution in [0.15, 0.2) is 27.6 Å². The lowest BCUT2D eigenvalue weighted by atomic mass is 9.86. The van der Waals surface area contributed by atoms with Crippen molar-refractivity contribution < 1.29 is 8.42 Å². The van der Waals surface area contributed by atoms with Crippen LogP contribution in [0, 0.1) is 5.92 Å². The van der Waals surface area contributed by atoms with E-state index in [1.807, 2.05) is 0 Å². The first kappa shape index (κ1) is 16.6. The van der Waals surface area contributed by atoms with E-state index in [2.05, 4.69) is 20.7 Å². The van der Waals surface area contributed by atoms with Crippen LogP contribution in [0.1, 0.15) is 25.7 Å². The Morgan fingerprint density at radius 1 is 1.30 bits per heavy atom. The molecule has 0 amide bonds. The number of hydrogen-bond donors (Lipinski definition) is 1. The standard InChI is InChI=1S/C13H16BrCl2NO2S/c14-10-5-6-13(11(16)7-10)20(18,19)17-12-4-2-1-3-9(12)8-15/h5-7,9,12,17H,1-4,8H2. The van der Waals surface area contributed by atoms with E-state index < -0.39 is 10.0 Å². The van der Waals surface area contributed by atoms with Gasteiger partial charge in [0, 0.05) is 16.4 Å². The van der Waals surface area contributed by atoms with Gasteiger partial charge >= 0.3 is 0 Å². The van der Waals surface area contributed by atoms with Crippen LogP contribution in [-0.4, -0.2) is 20.3 Å². The Kier molecular flexibility index (Phi) is 5.77. The second kappa shape index (κ2) is 6.97. The summed E-state index contributed by atoms with van der Waals surface area (Å²) < 4.78 is 28.4. The lowest BCUT2D eigenvalue weighted by molar-refractivity contribution is 0.314. The molecule has 1 fully saturated rings. The maximum absolute atomic E-state index is 12.4. The summed E-state index contributed by atoms with van der Waals surface area (Å²) in [6.45, 7) is 0. The molecule has 112 valence electrons. The number of rotatable bonds is 4. The summed E-state index contributed by atoms with van der Waals surface area (Å²) in [5.74, 6) is 0.663. The van der Waals surface area contributed by atoms with Crippen LogP contribution in [-0.2, 0) is 10.0 Å². The topological polar surface area (TPSA) is 46.2 Å². The van der Waals surface area contributed by atoms with E-state index in [1.54, 1.807) is 12.1 Å². The van der Waals surface area contributed by atoms with E-state index in [0.29, 0.717) is 5.88 Å². The van der Waals surface area contributed by atoms with Gasteiger partial charge in [0.05, 0.1) is 5.02 Å². The number of nitrogens with one attached hydrogen (secondary N) is 1. The lowest BCUT2D eigenvalue weighted by Crippen LogP contribution is -2.42. The summed E-state index contributed by atoms with van der Waals surface area (Å²) in [7, 11) is -3.61. The number of alkyl halides is 1. The highest BCUT2D eigenvalue weighted by Gasteiger charge is 2.29. The zero-order chi connectivity index (χ0) is 14.8. The highest BCUT2D eigenvalue weighted by Crippen LogP contribution is 2.29. The van der Waals surface area contributed by atoms with Crippen LogP contribution in [0.5, 0.6) is 0 Å². The Bertz CT molecular complexity index is 580. The third-order valence-corrected chi connectivity index (χ3v) is 6.46. The van der Waals surface area contributed by atoms with Gasteiger partial charge in [-0.25, -0.2) is 13.1 Å². The van der Waals surface area contributed by atoms with Crippen molar-refractivity contribution in [3.05, 3.63) is 27.7 Å². The van der Waals surface area contributed by atoms with Crippen molar-refractivity contribution in [3.63, 3.8) is 0 Å². The first-order valence-electron chi connectivity index (χ1n) is 6.47. The van der Waals surface area contributed by atoms with E-state index >= 15 is 0 Å². The van der Waals surface area contributed by atoms with Gasteiger partial charge in [0.25, 0.3) is 0 Å². The Morgan fingerprint density at radius 2 is 2.00 bits per heavy atom. The average Bonchev–Trinajstić information content (AvgIpc) is 2.38. The van der Waals surface area contributed by atoms with E-state index in [4.69, 9.17) is 23.2 Å². The van der Waals surface area contributed by atoms with Gasteiger partial charge in [-0.15, -0.1) is 11.6 Å². The van der Waals surface area contributed by atoms with Gasteiger partial charge < -0.3 is 0 Å². The van der Waals surface area contributed by atoms with Crippen LogP contribution in [0.4, 0.5) is 0 Å². The second-order valence-electron chi connectivity index (χ2n) is 5.00. The first-order valence-corrected chi connectivity index (χ1v) is 9.66. The average molecular weight is 401 g/mol. The monoisotopic (exact) mass is 399 g/mol. The van der Waals surface area contributed by atoms with E-state index in [-0.39, 0.29) is 21.9 Å². The molecule has 1 aromatic carbocycles. The molecular formula is C13H16BrCl2NO2S. The normalized spacial score (nSPS) is 23.8. The molecule has 1 N–H and O–H groups in total. The van der Waals surface area contributed by atoms with Crippen LogP contribution >= 0.6 is 39.1 Å². The van der Waals surface area contributed by atoms with Gasteiger partial charge in [0.2, 0.25) is 10.0 Å². The van der Waals surface area contributed by atoms with Crippen molar-refractivity contribution in [2.24, 2.45) is 5.92 Å². The van der Waals surface area contributed by atoms with Crippen LogP contribution in [0.25, 0.3) is 0 Å². The van der Waals surface area contributed by atoms with E-state index in [9.17, 15) is 8.42 Å². The third kappa shape index (κ3) is 3.89. The smallest absolute Gasteiger partial charge is 0.208 e. The van der Waals surface area contributed by atoms with Crippen molar-refractivity contribution in [3.8, 4) is 0 Å². The second-order valence-corrected chi connectivity index (χ2v) is 8.32. The minimum absolute atomic E-state index is 0.106. The number of halogens is 3. The first-order chi connectivity index (χ1) is 9.44. The van der Waals surface area contributed by atoms with E-state index in [1.165, 1.54) is 6.07 Å². The molecule has 1 aliphatic rings. The fraction of sp³-hybridized carbons (Fsp3) is 0.538. The fourth-order valence-electron chi connectivity index (χ4n) is 2.50. The quantitative estimate of drug-likeness (QED) is 0.770. The third-order valence-electron chi connectivity index (χ3n) is 3.60. The van der Waals surface area contributed by atoms with Crippen molar-refractivity contribution in [2.75, 3.05) is 5.88 Å². The summed E-state index contributed by atoms with van der Waals surface area (Å²) >= 11 is 15.2. The van der Waals surface area contributed by atoms with Crippen molar-refractivity contribution in [1.82, 2.24) is 4.72 Å². The van der Waals surface area contributed by atoms with Crippen LogP contribution in [0.2, 0.25) is 5.02 Å². The number of sulfonamides is 1. The Balaban J connectivity index is 2.22. The molecule has 7 heteroatoms. The number of benzene rings is 1. The summed E-state index contributed by atoms with van der Waals surface area (Å²) in [5.41, 5.74) is 0. The molecule has 2 atom stereocenters. The highest BCUT2D eigenvalue weighted by molar-refractivity contribution is 9.10. The summed E-state index contributed by atoms with van der Waals surface area (Å²) in [5, 5.41) is 0.213. The largest absolute Gasteiger partial charge is 0.242 e. The predicted molar refractivity (Wildman–Crippen MR) is 85.9 cm³/mol. The van der Waals surface area contributed by atoms with Crippen LogP contribution < -0.4 is 4.72 Å². The van der Waals surface area contributed by atoms with Gasteiger partial charge in [-0.1, -0.05) is 40.4 Å². The molecule has 2 rings (SSSR count). The zero-order valence-corrected chi connectivity index (χ0v) is 14.7. The minimum atomic E-state index is -3.61. The molecule has 20 heavy (non-hydrogen) atoms. The predicted octanol–water partition coefficient (Wildman–Crippen LogP) is 4.18. The molecule has 0 heterocycles. The maximum Gasteiger partial charge on any atom is 0.242 e. The van der Waals surface area contributed by atoms with Crippen molar-refractivity contribution in [2.45, 2.75) is 36.6 Å². The summed E-state index contributed by atoms with van der Waals surface area (Å²) in [6, 6.07) is 4.65. The van der Waals surface area contributed by atoms with Crippen molar-refractivity contribution in [1.29, 1.82) is 0 Å². The molecule has 1 saturated carbocycles. The van der Waals surface area contributed by atoms with Crippen molar-refractivity contribution >= 4 is 49.2 Å². The molecule has 0 aliphatic heterocycles. The molecule has 0 spiro atoms. The fourth-order valence-corrected chi connectivity index (χ4v) is 5.25. The van der Waals surface area contributed by atoms with Gasteiger partial charge in [0.1, 0.15) is 4.90 Å². The molecule has 0 aromatic heterocycles. The molecule has 2 unspecified atom stereocenters. The van der Waals surface area contributed by atoms with Gasteiger partial charge in [-0.05, 0) is 37.0 Å². The maximum atomic E-state index is 12.4. The Labute approximate surface area is 138 Å². The molecule has 1 aliphatic carbocycles. The molecule has 1 aromatic rings. The molecular weight excluding hydrogens is 385 g/mol.